The zero-order valence-corrected chi connectivity index (χ0v) is 22.4. The summed E-state index contributed by atoms with van der Waals surface area (Å²) in [6, 6.07) is 12.7. The molecule has 39 heavy (non-hydrogen) atoms. The molecule has 0 bridgehead atoms. The van der Waals surface area contributed by atoms with Crippen LogP contribution in [0.25, 0.3) is 10.9 Å². The zero-order chi connectivity index (χ0) is 28.2. The lowest BCUT2D eigenvalue weighted by Crippen LogP contribution is -2.36. The van der Waals surface area contributed by atoms with Crippen molar-refractivity contribution in [3.05, 3.63) is 53.7 Å². The Morgan fingerprint density at radius 3 is 2.51 bits per heavy atom. The lowest BCUT2D eigenvalue weighted by molar-refractivity contribution is -0.140. The van der Waals surface area contributed by atoms with Crippen molar-refractivity contribution in [1.29, 1.82) is 0 Å². The van der Waals surface area contributed by atoms with E-state index < -0.39 is 18.6 Å². The molecule has 4 N–H and O–H groups in total. The minimum absolute atomic E-state index is 0.153. The number of carbonyl (C=O) groups excluding carboxylic acids is 1. The monoisotopic (exact) mass is 541 g/mol. The Hall–Kier alpha value is -3.84. The lowest BCUT2D eigenvalue weighted by Gasteiger charge is -2.33. The van der Waals surface area contributed by atoms with Gasteiger partial charge in [-0.3, -0.25) is 4.79 Å². The van der Waals surface area contributed by atoms with Crippen molar-refractivity contribution < 1.29 is 22.7 Å². The van der Waals surface area contributed by atoms with Crippen LogP contribution in [-0.4, -0.2) is 61.4 Å². The van der Waals surface area contributed by atoms with Crippen molar-refractivity contribution in [2.75, 3.05) is 38.4 Å². The Morgan fingerprint density at radius 1 is 1.13 bits per heavy atom. The number of anilines is 2. The van der Waals surface area contributed by atoms with Crippen molar-refractivity contribution >= 4 is 28.2 Å². The smallest absolute Gasteiger partial charge is 0.406 e. The van der Waals surface area contributed by atoms with Gasteiger partial charge in [0.2, 0.25) is 5.91 Å². The summed E-state index contributed by atoms with van der Waals surface area (Å²) in [5.74, 6) is 5.67. The summed E-state index contributed by atoms with van der Waals surface area (Å²) in [7, 11) is 5.65. The van der Waals surface area contributed by atoms with Crippen LogP contribution in [0.1, 0.15) is 41.7 Å². The highest BCUT2D eigenvalue weighted by Crippen LogP contribution is 2.32. The third-order valence-electron chi connectivity index (χ3n) is 7.14. The standard InChI is InChI=1S/C29H34F3N5O2/c1-36(2)21-12-10-20(11-13-21)35-24-7-4-8-26-23(24)17-22(37(26)18-29(30,31)32)6-5-15-34-25-14-9-19(28(33)38)16-27(25)39-3/h4,7-9,14,16-17,20-21,34-35H,10-13,15,18H2,1-3H3,(H2,33,38)/t20-,21-. The maximum absolute atomic E-state index is 13.5. The molecular formula is C29H34F3N5O2. The first kappa shape index (κ1) is 28.2. The van der Waals surface area contributed by atoms with Crippen molar-refractivity contribution in [3.8, 4) is 17.6 Å². The van der Waals surface area contributed by atoms with E-state index in [1.165, 1.54) is 17.7 Å². The van der Waals surface area contributed by atoms with E-state index >= 15 is 0 Å². The average molecular weight is 542 g/mol. The molecule has 1 amide bonds. The van der Waals surface area contributed by atoms with Crippen LogP contribution >= 0.6 is 0 Å². The van der Waals surface area contributed by atoms with E-state index in [0.717, 1.165) is 36.8 Å². The second-order valence-electron chi connectivity index (χ2n) is 10.0. The molecule has 0 spiro atoms. The van der Waals surface area contributed by atoms with E-state index in [1.54, 1.807) is 30.3 Å². The van der Waals surface area contributed by atoms with E-state index in [2.05, 4.69) is 41.5 Å². The second-order valence-corrected chi connectivity index (χ2v) is 10.0. The molecule has 0 atom stereocenters. The van der Waals surface area contributed by atoms with Crippen LogP contribution in [0.4, 0.5) is 24.5 Å². The number of hydrogen-bond acceptors (Lipinski definition) is 5. The molecule has 1 aliphatic carbocycles. The number of hydrogen-bond donors (Lipinski definition) is 3. The summed E-state index contributed by atoms with van der Waals surface area (Å²) in [5, 5.41) is 7.38. The Balaban J connectivity index is 1.56. The third-order valence-corrected chi connectivity index (χ3v) is 7.14. The number of methoxy groups -OCH3 is 1. The van der Waals surface area contributed by atoms with Gasteiger partial charge in [0.25, 0.3) is 0 Å². The molecule has 0 unspecified atom stereocenters. The van der Waals surface area contributed by atoms with E-state index in [9.17, 15) is 18.0 Å². The van der Waals surface area contributed by atoms with Gasteiger partial charge in [0.05, 0.1) is 30.6 Å². The van der Waals surface area contributed by atoms with Crippen LogP contribution in [0.5, 0.6) is 5.75 Å². The van der Waals surface area contributed by atoms with Crippen LogP contribution < -0.4 is 21.1 Å². The molecule has 1 fully saturated rings. The Morgan fingerprint density at radius 2 is 1.87 bits per heavy atom. The molecule has 2 aromatic carbocycles. The Bertz CT molecular complexity index is 1380. The molecule has 1 saturated carbocycles. The number of nitrogens with one attached hydrogen (secondary N) is 2. The van der Waals surface area contributed by atoms with Gasteiger partial charge in [-0.25, -0.2) is 0 Å². The van der Waals surface area contributed by atoms with Crippen LogP contribution in [0, 0.1) is 11.8 Å². The fraction of sp³-hybridized carbons (Fsp3) is 0.414. The first-order chi connectivity index (χ1) is 18.6. The molecule has 0 saturated heterocycles. The lowest BCUT2D eigenvalue weighted by atomic mass is 9.90. The summed E-state index contributed by atoms with van der Waals surface area (Å²) in [6.45, 7) is -0.978. The van der Waals surface area contributed by atoms with Gasteiger partial charge < -0.3 is 30.6 Å². The van der Waals surface area contributed by atoms with E-state index in [0.29, 0.717) is 28.6 Å². The van der Waals surface area contributed by atoms with Gasteiger partial charge >= 0.3 is 6.18 Å². The first-order valence-electron chi connectivity index (χ1n) is 12.9. The number of carbonyl (C=O) groups is 1. The van der Waals surface area contributed by atoms with Gasteiger partial charge in [0, 0.05) is 28.7 Å². The van der Waals surface area contributed by atoms with Gasteiger partial charge in [-0.05, 0) is 82.1 Å². The summed E-state index contributed by atoms with van der Waals surface area (Å²) in [6.07, 6.45) is -0.232. The maximum Gasteiger partial charge on any atom is 0.406 e. The number of fused-ring (bicyclic) bond motifs is 1. The number of nitrogens with zero attached hydrogens (tertiary/aromatic N) is 2. The van der Waals surface area contributed by atoms with Crippen LogP contribution in [0.15, 0.2) is 42.5 Å². The molecule has 10 heteroatoms. The highest BCUT2D eigenvalue weighted by atomic mass is 19.4. The molecule has 1 aliphatic rings. The highest BCUT2D eigenvalue weighted by Gasteiger charge is 2.30. The maximum atomic E-state index is 13.5. The second kappa shape index (κ2) is 11.9. The van der Waals surface area contributed by atoms with Crippen molar-refractivity contribution in [2.45, 2.75) is 50.5 Å². The fourth-order valence-electron chi connectivity index (χ4n) is 5.08. The van der Waals surface area contributed by atoms with Crippen molar-refractivity contribution in [2.24, 2.45) is 5.73 Å². The molecule has 208 valence electrons. The SMILES string of the molecule is COc1cc(C(N)=O)ccc1NCC#Cc1cc2c(N[C@H]3CC[C@H](N(C)C)CC3)cccc2n1CC(F)(F)F. The molecule has 7 nitrogen and oxygen atoms in total. The third kappa shape index (κ3) is 6.98. The minimum atomic E-state index is -4.40. The van der Waals surface area contributed by atoms with Crippen LogP contribution in [0.2, 0.25) is 0 Å². The normalized spacial score (nSPS) is 17.5. The van der Waals surface area contributed by atoms with Crippen molar-refractivity contribution in [1.82, 2.24) is 9.47 Å². The molecule has 3 aromatic rings. The summed E-state index contributed by atoms with van der Waals surface area (Å²) >= 11 is 0. The van der Waals surface area contributed by atoms with Gasteiger partial charge in [-0.2, -0.15) is 13.2 Å². The minimum Gasteiger partial charge on any atom is -0.495 e. The predicted octanol–water partition coefficient (Wildman–Crippen LogP) is 5.06. The van der Waals surface area contributed by atoms with Crippen molar-refractivity contribution in [3.63, 3.8) is 0 Å². The topological polar surface area (TPSA) is 84.5 Å². The number of aromatic nitrogens is 1. The summed E-state index contributed by atoms with van der Waals surface area (Å²) in [5.41, 5.74) is 7.79. The summed E-state index contributed by atoms with van der Waals surface area (Å²) in [4.78, 5) is 13.7. The fourth-order valence-corrected chi connectivity index (χ4v) is 5.08. The quantitative estimate of drug-likeness (QED) is 0.347. The van der Waals surface area contributed by atoms with Crippen LogP contribution in [0.3, 0.4) is 0 Å². The van der Waals surface area contributed by atoms with Gasteiger partial charge in [0.1, 0.15) is 12.3 Å². The first-order valence-corrected chi connectivity index (χ1v) is 12.9. The van der Waals surface area contributed by atoms with Gasteiger partial charge in [-0.15, -0.1) is 0 Å². The zero-order valence-electron chi connectivity index (χ0n) is 22.4. The molecule has 4 rings (SSSR count). The van der Waals surface area contributed by atoms with Gasteiger partial charge in [0.15, 0.2) is 0 Å². The van der Waals surface area contributed by atoms with E-state index in [-0.39, 0.29) is 18.3 Å². The number of amides is 1. The van der Waals surface area contributed by atoms with E-state index in [1.807, 2.05) is 6.07 Å². The predicted molar refractivity (Wildman–Crippen MR) is 148 cm³/mol. The number of primary amides is 1. The molecule has 1 aromatic heterocycles. The molecule has 1 heterocycles. The number of halogens is 3. The Labute approximate surface area is 226 Å². The molecular weight excluding hydrogens is 507 g/mol. The average Bonchev–Trinajstić information content (AvgIpc) is 3.23. The Kier molecular flexibility index (Phi) is 8.60. The van der Waals surface area contributed by atoms with Crippen LogP contribution in [-0.2, 0) is 6.54 Å². The number of alkyl halides is 3. The highest BCUT2D eigenvalue weighted by molar-refractivity contribution is 5.94. The molecule has 0 radical (unpaired) electrons. The largest absolute Gasteiger partial charge is 0.495 e. The number of rotatable bonds is 8. The van der Waals surface area contributed by atoms with Gasteiger partial charge in [-0.1, -0.05) is 12.0 Å². The number of ether oxygens (including phenoxy) is 1. The molecule has 0 aliphatic heterocycles. The van der Waals surface area contributed by atoms with E-state index in [4.69, 9.17) is 10.5 Å². The summed E-state index contributed by atoms with van der Waals surface area (Å²) < 4.78 is 47.1. The number of benzene rings is 2. The number of nitrogens with two attached hydrogens (primary N) is 1.